The van der Waals surface area contributed by atoms with E-state index in [2.05, 4.69) is 20.3 Å². The number of nitrogens with zero attached hydrogens (tertiary/aromatic N) is 3. The third-order valence-electron chi connectivity index (χ3n) is 5.08. The van der Waals surface area contributed by atoms with Crippen LogP contribution in [0.1, 0.15) is 54.7 Å². The van der Waals surface area contributed by atoms with Crippen LogP contribution in [0.2, 0.25) is 0 Å². The van der Waals surface area contributed by atoms with Gasteiger partial charge in [0.15, 0.2) is 11.5 Å². The first-order chi connectivity index (χ1) is 13.6. The highest BCUT2D eigenvalue weighted by Crippen LogP contribution is 2.32. The van der Waals surface area contributed by atoms with Crippen molar-refractivity contribution in [2.24, 2.45) is 5.73 Å². The maximum absolute atomic E-state index is 12.0. The predicted octanol–water partition coefficient (Wildman–Crippen LogP) is 3.26. The number of nitrogens with two attached hydrogens (primary N) is 1. The van der Waals surface area contributed by atoms with Gasteiger partial charge in [-0.15, -0.1) is 0 Å². The fourth-order valence-electron chi connectivity index (χ4n) is 3.58. The second kappa shape index (κ2) is 7.93. The molecule has 0 radical (unpaired) electrons. The molecular weight excluding hydrogens is 356 g/mol. The van der Waals surface area contributed by atoms with E-state index < -0.39 is 0 Å². The van der Waals surface area contributed by atoms with Gasteiger partial charge < -0.3 is 20.8 Å². The smallest absolute Gasteiger partial charge is 0.338 e. The minimum Gasteiger partial charge on any atom is -0.462 e. The number of aromatic amines is 1. The van der Waals surface area contributed by atoms with E-state index in [0.717, 1.165) is 42.7 Å². The molecule has 146 valence electrons. The molecule has 8 nitrogen and oxygen atoms in total. The average Bonchev–Trinajstić information content (AvgIpc) is 3.18. The molecule has 0 aliphatic heterocycles. The molecular formula is C20H24N6O2. The maximum atomic E-state index is 12.0. The zero-order chi connectivity index (χ0) is 19.5. The van der Waals surface area contributed by atoms with Crippen LogP contribution in [0.4, 0.5) is 11.5 Å². The molecule has 0 unspecified atom stereocenters. The molecule has 4 N–H and O–H groups in total. The summed E-state index contributed by atoms with van der Waals surface area (Å²) >= 11 is 0. The van der Waals surface area contributed by atoms with Crippen molar-refractivity contribution in [2.75, 3.05) is 11.9 Å². The Morgan fingerprint density at radius 2 is 2.11 bits per heavy atom. The van der Waals surface area contributed by atoms with Crippen LogP contribution in [0, 0.1) is 0 Å². The predicted molar refractivity (Wildman–Crippen MR) is 107 cm³/mol. The molecule has 1 aliphatic carbocycles. The summed E-state index contributed by atoms with van der Waals surface area (Å²) in [5.41, 5.74) is 8.63. The van der Waals surface area contributed by atoms with E-state index in [0.29, 0.717) is 23.6 Å². The summed E-state index contributed by atoms with van der Waals surface area (Å²) in [6, 6.07) is 7.44. The van der Waals surface area contributed by atoms with Crippen molar-refractivity contribution in [1.82, 2.24) is 19.9 Å². The summed E-state index contributed by atoms with van der Waals surface area (Å²) in [5.74, 6) is 1.37. The second-order valence-electron chi connectivity index (χ2n) is 7.07. The molecule has 0 spiro atoms. The Kier molecular flexibility index (Phi) is 5.21. The highest BCUT2D eigenvalue weighted by molar-refractivity contribution is 5.91. The van der Waals surface area contributed by atoms with Crippen molar-refractivity contribution < 1.29 is 9.53 Å². The molecule has 0 atom stereocenters. The van der Waals surface area contributed by atoms with Gasteiger partial charge in [0.2, 0.25) is 0 Å². The van der Waals surface area contributed by atoms with Crippen molar-refractivity contribution in [2.45, 2.75) is 44.6 Å². The SMILES string of the molecule is CCOC(=O)c1cccc(Nc2nc(C3CCC(N)CC3)nc3nc[nH]c23)c1. The number of aromatic nitrogens is 4. The molecule has 3 aromatic rings. The standard InChI is InChI=1S/C20H24N6O2/c1-2-28-20(27)13-4-3-5-15(10-13)24-19-16-18(23-11-22-16)25-17(26-19)12-6-8-14(21)9-7-12/h3-5,10-12,14H,2,6-9,21H2,1H3,(H2,22,23,24,25,26). The summed E-state index contributed by atoms with van der Waals surface area (Å²) in [4.78, 5) is 28.8. The van der Waals surface area contributed by atoms with Crippen molar-refractivity contribution in [1.29, 1.82) is 0 Å². The summed E-state index contributed by atoms with van der Waals surface area (Å²) in [6.07, 6.45) is 5.54. The molecule has 0 amide bonds. The highest BCUT2D eigenvalue weighted by Gasteiger charge is 2.24. The lowest BCUT2D eigenvalue weighted by Gasteiger charge is -2.25. The van der Waals surface area contributed by atoms with Crippen LogP contribution < -0.4 is 11.1 Å². The van der Waals surface area contributed by atoms with Crippen LogP contribution in [0.25, 0.3) is 11.2 Å². The summed E-state index contributed by atoms with van der Waals surface area (Å²) in [5, 5.41) is 3.30. The zero-order valence-corrected chi connectivity index (χ0v) is 15.8. The number of benzene rings is 1. The number of rotatable bonds is 5. The van der Waals surface area contributed by atoms with E-state index in [1.807, 2.05) is 12.1 Å². The number of fused-ring (bicyclic) bond motifs is 1. The van der Waals surface area contributed by atoms with Gasteiger partial charge in [0, 0.05) is 17.6 Å². The van der Waals surface area contributed by atoms with Crippen molar-refractivity contribution >= 4 is 28.6 Å². The van der Waals surface area contributed by atoms with Crippen LogP contribution in [0.15, 0.2) is 30.6 Å². The van der Waals surface area contributed by atoms with Crippen molar-refractivity contribution in [3.05, 3.63) is 42.0 Å². The third-order valence-corrected chi connectivity index (χ3v) is 5.08. The van der Waals surface area contributed by atoms with Crippen LogP contribution in [-0.2, 0) is 4.74 Å². The summed E-state index contributed by atoms with van der Waals surface area (Å²) in [6.45, 7) is 2.13. The number of carbonyl (C=O) groups is 1. The number of hydrogen-bond donors (Lipinski definition) is 3. The van der Waals surface area contributed by atoms with Crippen LogP contribution in [0.3, 0.4) is 0 Å². The number of anilines is 2. The first kappa shape index (κ1) is 18.4. The zero-order valence-electron chi connectivity index (χ0n) is 15.8. The Balaban J connectivity index is 1.64. The van der Waals surface area contributed by atoms with Crippen molar-refractivity contribution in [3.8, 4) is 0 Å². The van der Waals surface area contributed by atoms with E-state index >= 15 is 0 Å². The maximum Gasteiger partial charge on any atom is 0.338 e. The van der Waals surface area contributed by atoms with E-state index in [-0.39, 0.29) is 17.9 Å². The molecule has 28 heavy (non-hydrogen) atoms. The van der Waals surface area contributed by atoms with Gasteiger partial charge in [-0.1, -0.05) is 6.07 Å². The number of esters is 1. The Morgan fingerprint density at radius 3 is 2.89 bits per heavy atom. The molecule has 0 saturated heterocycles. The molecule has 4 rings (SSSR count). The Labute approximate surface area is 162 Å². The average molecular weight is 380 g/mol. The van der Waals surface area contributed by atoms with Gasteiger partial charge in [0.05, 0.1) is 18.5 Å². The van der Waals surface area contributed by atoms with Gasteiger partial charge in [0.25, 0.3) is 0 Å². The topological polar surface area (TPSA) is 119 Å². The Bertz CT molecular complexity index is 978. The molecule has 0 bridgehead atoms. The lowest BCUT2D eigenvalue weighted by Crippen LogP contribution is -2.26. The second-order valence-corrected chi connectivity index (χ2v) is 7.07. The van der Waals surface area contributed by atoms with Gasteiger partial charge in [0.1, 0.15) is 11.3 Å². The molecule has 1 aliphatic rings. The number of ether oxygens (including phenoxy) is 1. The summed E-state index contributed by atoms with van der Waals surface area (Å²) < 4.78 is 5.08. The molecule has 8 heteroatoms. The van der Waals surface area contributed by atoms with E-state index in [1.54, 1.807) is 25.4 Å². The normalized spacial score (nSPS) is 19.5. The fourth-order valence-corrected chi connectivity index (χ4v) is 3.58. The molecule has 1 saturated carbocycles. The largest absolute Gasteiger partial charge is 0.462 e. The number of hydrogen-bond acceptors (Lipinski definition) is 7. The van der Waals surface area contributed by atoms with Gasteiger partial charge in [-0.05, 0) is 50.8 Å². The first-order valence-corrected chi connectivity index (χ1v) is 9.65. The molecule has 2 heterocycles. The third kappa shape index (κ3) is 3.82. The van der Waals surface area contributed by atoms with Crippen LogP contribution >= 0.6 is 0 Å². The molecule has 1 aromatic carbocycles. The van der Waals surface area contributed by atoms with Crippen LogP contribution in [-0.4, -0.2) is 38.6 Å². The molecule has 2 aromatic heterocycles. The number of carbonyl (C=O) groups excluding carboxylic acids is 1. The minimum atomic E-state index is -0.347. The number of H-pyrrole nitrogens is 1. The summed E-state index contributed by atoms with van der Waals surface area (Å²) in [7, 11) is 0. The molecule has 1 fully saturated rings. The van der Waals surface area contributed by atoms with Crippen molar-refractivity contribution in [3.63, 3.8) is 0 Å². The quantitative estimate of drug-likeness (QED) is 0.581. The first-order valence-electron chi connectivity index (χ1n) is 9.65. The van der Waals surface area contributed by atoms with E-state index in [9.17, 15) is 4.79 Å². The fraction of sp³-hybridized carbons (Fsp3) is 0.400. The van der Waals surface area contributed by atoms with Gasteiger partial charge in [-0.25, -0.2) is 19.7 Å². The van der Waals surface area contributed by atoms with Gasteiger partial charge in [-0.2, -0.15) is 0 Å². The van der Waals surface area contributed by atoms with Gasteiger partial charge in [-0.3, -0.25) is 0 Å². The van der Waals surface area contributed by atoms with E-state index in [1.165, 1.54) is 0 Å². The van der Waals surface area contributed by atoms with Crippen LogP contribution in [0.5, 0.6) is 0 Å². The van der Waals surface area contributed by atoms with E-state index in [4.69, 9.17) is 15.5 Å². The number of nitrogens with one attached hydrogen (secondary N) is 2. The number of imidazole rings is 1. The minimum absolute atomic E-state index is 0.272. The lowest BCUT2D eigenvalue weighted by atomic mass is 9.86. The Morgan fingerprint density at radius 1 is 1.29 bits per heavy atom. The lowest BCUT2D eigenvalue weighted by molar-refractivity contribution is 0.0526. The Hall–Kier alpha value is -3.00. The monoisotopic (exact) mass is 380 g/mol. The van der Waals surface area contributed by atoms with Gasteiger partial charge >= 0.3 is 5.97 Å². The highest BCUT2D eigenvalue weighted by atomic mass is 16.5.